The maximum atomic E-state index is 12.2. The van der Waals surface area contributed by atoms with E-state index in [1.165, 1.54) is 0 Å². The summed E-state index contributed by atoms with van der Waals surface area (Å²) >= 11 is 0. The number of carbonyl (C=O) groups is 1. The quantitative estimate of drug-likeness (QED) is 0.771. The lowest BCUT2D eigenvalue weighted by atomic mass is 9.91. The first-order chi connectivity index (χ1) is 8.04. The third-order valence-electron chi connectivity index (χ3n) is 2.10. The van der Waals surface area contributed by atoms with Crippen LogP contribution in [0.1, 0.15) is 42.9 Å². The number of ether oxygens (including phenoxy) is 1. The van der Waals surface area contributed by atoms with E-state index in [2.05, 4.69) is 9.72 Å². The van der Waals surface area contributed by atoms with Crippen molar-refractivity contribution in [2.45, 2.75) is 38.8 Å². The van der Waals surface area contributed by atoms with E-state index < -0.39 is 29.9 Å². The summed E-state index contributed by atoms with van der Waals surface area (Å²) in [6.45, 7) is 5.15. The maximum Gasteiger partial charge on any atom is 0.397 e. The molecule has 0 N–H and O–H groups in total. The molecule has 0 bridgehead atoms. The van der Waals surface area contributed by atoms with E-state index in [1.54, 1.807) is 20.8 Å². The van der Waals surface area contributed by atoms with Crippen LogP contribution in [0.25, 0.3) is 0 Å². The number of oxazole rings is 1. The Bertz CT molecular complexity index is 443. The summed E-state index contributed by atoms with van der Waals surface area (Å²) in [5.74, 6) is -1.64. The van der Waals surface area contributed by atoms with Gasteiger partial charge in [-0.2, -0.15) is 13.2 Å². The van der Waals surface area contributed by atoms with Crippen LogP contribution in [0.15, 0.2) is 4.42 Å². The molecule has 18 heavy (non-hydrogen) atoms. The Morgan fingerprint density at radius 1 is 1.33 bits per heavy atom. The first-order valence-electron chi connectivity index (χ1n) is 5.20. The molecule has 0 unspecified atom stereocenters. The highest BCUT2D eigenvalue weighted by Crippen LogP contribution is 2.29. The molecule has 0 aliphatic carbocycles. The summed E-state index contributed by atoms with van der Waals surface area (Å²) in [5, 5.41) is 0. The van der Waals surface area contributed by atoms with E-state index in [0.29, 0.717) is 0 Å². The van der Waals surface area contributed by atoms with Crippen molar-refractivity contribution in [3.05, 3.63) is 17.3 Å². The Morgan fingerprint density at radius 2 is 1.89 bits per heavy atom. The Labute approximate surface area is 102 Å². The predicted molar refractivity (Wildman–Crippen MR) is 56.3 cm³/mol. The maximum absolute atomic E-state index is 12.2. The summed E-state index contributed by atoms with van der Waals surface area (Å²) in [6.07, 6.45) is -5.75. The van der Waals surface area contributed by atoms with Crippen molar-refractivity contribution >= 4 is 5.97 Å². The molecule has 1 heterocycles. The topological polar surface area (TPSA) is 52.3 Å². The van der Waals surface area contributed by atoms with Gasteiger partial charge in [-0.15, -0.1) is 0 Å². The number of carbonyl (C=O) groups excluding carboxylic acids is 1. The molecule has 0 aromatic carbocycles. The molecule has 4 nitrogen and oxygen atoms in total. The van der Waals surface area contributed by atoms with E-state index in [0.717, 1.165) is 7.11 Å². The Kier molecular flexibility index (Phi) is 3.73. The molecule has 7 heteroatoms. The molecule has 1 rings (SSSR count). The number of aromatic nitrogens is 1. The molecule has 0 atom stereocenters. The monoisotopic (exact) mass is 265 g/mol. The number of hydrogen-bond acceptors (Lipinski definition) is 4. The molecule has 0 saturated carbocycles. The van der Waals surface area contributed by atoms with Crippen LogP contribution in [0.3, 0.4) is 0 Å². The smallest absolute Gasteiger partial charge is 0.397 e. The van der Waals surface area contributed by atoms with Gasteiger partial charge in [-0.3, -0.25) is 0 Å². The highest BCUT2D eigenvalue weighted by molar-refractivity contribution is 5.87. The van der Waals surface area contributed by atoms with Gasteiger partial charge in [-0.25, -0.2) is 9.78 Å². The number of halogens is 3. The third kappa shape index (κ3) is 3.48. The van der Waals surface area contributed by atoms with Crippen molar-refractivity contribution in [1.82, 2.24) is 4.98 Å². The predicted octanol–water partition coefficient (Wildman–Crippen LogP) is 2.86. The van der Waals surface area contributed by atoms with Crippen LogP contribution in [-0.2, 0) is 16.6 Å². The van der Waals surface area contributed by atoms with Crippen molar-refractivity contribution in [3.8, 4) is 0 Å². The van der Waals surface area contributed by atoms with Crippen LogP contribution in [0.5, 0.6) is 0 Å². The third-order valence-corrected chi connectivity index (χ3v) is 2.10. The van der Waals surface area contributed by atoms with Gasteiger partial charge in [0.25, 0.3) is 0 Å². The number of nitrogens with zero attached hydrogens (tertiary/aromatic N) is 1. The molecule has 0 spiro atoms. The van der Waals surface area contributed by atoms with Gasteiger partial charge in [-0.1, -0.05) is 20.8 Å². The van der Waals surface area contributed by atoms with E-state index in [-0.39, 0.29) is 11.5 Å². The first-order valence-corrected chi connectivity index (χ1v) is 5.20. The van der Waals surface area contributed by atoms with Crippen LogP contribution in [0.2, 0.25) is 0 Å². The largest absolute Gasteiger partial charge is 0.463 e. The summed E-state index contributed by atoms with van der Waals surface area (Å²) in [6, 6.07) is 0. The highest BCUT2D eigenvalue weighted by atomic mass is 19.4. The van der Waals surface area contributed by atoms with Crippen LogP contribution in [-0.4, -0.2) is 24.2 Å². The van der Waals surface area contributed by atoms with Crippen molar-refractivity contribution in [2.24, 2.45) is 0 Å². The molecule has 0 amide bonds. The SMILES string of the molecule is COC(=O)c1oc(CC(F)(F)F)nc1C(C)(C)C. The molecular formula is C11H14F3NO3. The number of hydrogen-bond donors (Lipinski definition) is 0. The van der Waals surface area contributed by atoms with Crippen LogP contribution >= 0.6 is 0 Å². The van der Waals surface area contributed by atoms with Crippen molar-refractivity contribution in [3.63, 3.8) is 0 Å². The zero-order valence-corrected chi connectivity index (χ0v) is 10.5. The lowest BCUT2D eigenvalue weighted by molar-refractivity contribution is -0.130. The second-order valence-electron chi connectivity index (χ2n) is 4.82. The average Bonchev–Trinajstić information content (AvgIpc) is 2.57. The zero-order valence-electron chi connectivity index (χ0n) is 10.5. The minimum Gasteiger partial charge on any atom is -0.463 e. The van der Waals surface area contributed by atoms with Gasteiger partial charge in [0, 0.05) is 5.41 Å². The summed E-state index contributed by atoms with van der Waals surface area (Å²) < 4.78 is 46.1. The fourth-order valence-electron chi connectivity index (χ4n) is 1.35. The van der Waals surface area contributed by atoms with E-state index >= 15 is 0 Å². The average molecular weight is 265 g/mol. The first kappa shape index (κ1) is 14.5. The van der Waals surface area contributed by atoms with Crippen molar-refractivity contribution in [1.29, 1.82) is 0 Å². The fraction of sp³-hybridized carbons (Fsp3) is 0.636. The number of esters is 1. The summed E-state index contributed by atoms with van der Waals surface area (Å²) in [7, 11) is 1.13. The van der Waals surface area contributed by atoms with Gasteiger partial charge in [-0.05, 0) is 0 Å². The van der Waals surface area contributed by atoms with Crippen molar-refractivity contribution < 1.29 is 27.1 Å². The van der Waals surface area contributed by atoms with Crippen LogP contribution in [0, 0.1) is 0 Å². The Hall–Kier alpha value is -1.53. The lowest BCUT2D eigenvalue weighted by Crippen LogP contribution is -2.17. The standard InChI is InChI=1S/C11H14F3NO3/c1-10(2,3)8-7(9(16)17-4)18-6(15-8)5-11(12,13)14/h5H2,1-4H3. The molecule has 0 aliphatic heterocycles. The van der Waals surface area contributed by atoms with E-state index in [1.807, 2.05) is 0 Å². The number of rotatable bonds is 2. The van der Waals surface area contributed by atoms with Crippen LogP contribution in [0.4, 0.5) is 13.2 Å². The normalized spacial score (nSPS) is 12.6. The lowest BCUT2D eigenvalue weighted by Gasteiger charge is -2.15. The molecule has 0 radical (unpaired) electrons. The van der Waals surface area contributed by atoms with Gasteiger partial charge < -0.3 is 9.15 Å². The number of alkyl halides is 3. The van der Waals surface area contributed by atoms with E-state index in [9.17, 15) is 18.0 Å². The minimum absolute atomic E-state index is 0.161. The molecule has 0 saturated heterocycles. The molecule has 102 valence electrons. The summed E-state index contributed by atoms with van der Waals surface area (Å²) in [5.41, 5.74) is -0.453. The Balaban J connectivity index is 3.20. The second-order valence-corrected chi connectivity index (χ2v) is 4.82. The van der Waals surface area contributed by atoms with Gasteiger partial charge >= 0.3 is 12.1 Å². The molecule has 0 fully saturated rings. The van der Waals surface area contributed by atoms with Crippen molar-refractivity contribution in [2.75, 3.05) is 7.11 Å². The molecule has 1 aromatic heterocycles. The molecular weight excluding hydrogens is 251 g/mol. The molecule has 1 aromatic rings. The second kappa shape index (κ2) is 4.62. The fourth-order valence-corrected chi connectivity index (χ4v) is 1.35. The zero-order chi connectivity index (χ0) is 14.1. The number of methoxy groups -OCH3 is 1. The van der Waals surface area contributed by atoms with E-state index in [4.69, 9.17) is 4.42 Å². The van der Waals surface area contributed by atoms with Gasteiger partial charge in [0.2, 0.25) is 11.7 Å². The Morgan fingerprint density at radius 3 is 2.28 bits per heavy atom. The van der Waals surface area contributed by atoms with Crippen LogP contribution < -0.4 is 0 Å². The molecule has 0 aliphatic rings. The van der Waals surface area contributed by atoms with Gasteiger partial charge in [0.1, 0.15) is 6.42 Å². The highest BCUT2D eigenvalue weighted by Gasteiger charge is 2.35. The van der Waals surface area contributed by atoms with Gasteiger partial charge in [0.15, 0.2) is 0 Å². The van der Waals surface area contributed by atoms with Gasteiger partial charge in [0.05, 0.1) is 12.8 Å². The summed E-state index contributed by atoms with van der Waals surface area (Å²) in [4.78, 5) is 15.2. The minimum atomic E-state index is -4.44.